The smallest absolute Gasteiger partial charge is 0.160 e. The second kappa shape index (κ2) is 9.08. The van der Waals surface area contributed by atoms with Crippen LogP contribution < -0.4 is 15.8 Å². The minimum Gasteiger partial charge on any atom is -0.496 e. The van der Waals surface area contributed by atoms with Crippen molar-refractivity contribution >= 4 is 29.2 Å². The van der Waals surface area contributed by atoms with Crippen molar-refractivity contribution < 1.29 is 9.84 Å². The first-order valence-corrected chi connectivity index (χ1v) is 12.4. The zero-order valence-electron chi connectivity index (χ0n) is 19.3. The molecular weight excluding hydrogens is 438 g/mol. The summed E-state index contributed by atoms with van der Waals surface area (Å²) in [5, 5.41) is 25.1. The molecule has 4 N–H and O–H groups in total. The molecule has 0 aromatic carbocycles. The van der Waals surface area contributed by atoms with Gasteiger partial charge in [0.15, 0.2) is 5.84 Å². The van der Waals surface area contributed by atoms with Gasteiger partial charge in [0.1, 0.15) is 18.0 Å². The van der Waals surface area contributed by atoms with Crippen molar-refractivity contribution in [1.82, 2.24) is 15.4 Å². The molecule has 2 aliphatic heterocycles. The standard InChI is InChI=1S/C23H31N7O2S/c1-12-9-25-19(13(2)22(12)32-3)10-30-27-18-8-17(26-14-4-6-15(31)7-5-14)16-11-33-29-23(24)21(28-30)20(16)18/h9,14-15,17,26,31H,4-8,10-11H2,1-3H3,(H2,24,29). The van der Waals surface area contributed by atoms with E-state index >= 15 is 0 Å². The molecule has 3 heterocycles. The Hall–Kier alpha value is -2.43. The summed E-state index contributed by atoms with van der Waals surface area (Å²) in [6, 6.07) is 0.596. The number of rotatable bonds is 5. The third-order valence-corrected chi connectivity index (χ3v) is 7.68. The van der Waals surface area contributed by atoms with Gasteiger partial charge in [0.05, 0.1) is 24.6 Å². The van der Waals surface area contributed by atoms with Crippen LogP contribution >= 0.6 is 11.9 Å². The van der Waals surface area contributed by atoms with E-state index in [0.29, 0.717) is 24.1 Å². The normalized spacial score (nSPS) is 27.0. The van der Waals surface area contributed by atoms with E-state index in [4.69, 9.17) is 20.7 Å². The zero-order valence-corrected chi connectivity index (χ0v) is 20.2. The minimum atomic E-state index is -0.160. The third-order valence-electron chi connectivity index (χ3n) is 6.92. The van der Waals surface area contributed by atoms with Crippen LogP contribution in [0.1, 0.15) is 48.9 Å². The quantitative estimate of drug-likeness (QED) is 0.566. The molecule has 10 heteroatoms. The fraction of sp³-hybridized carbons (Fsp3) is 0.565. The molecule has 9 nitrogen and oxygen atoms in total. The Morgan fingerprint density at radius 1 is 1.24 bits per heavy atom. The van der Waals surface area contributed by atoms with E-state index in [2.05, 4.69) is 14.7 Å². The lowest BCUT2D eigenvalue weighted by Gasteiger charge is -2.29. The number of aliphatic hydroxyl groups excluding tert-OH is 1. The van der Waals surface area contributed by atoms with Gasteiger partial charge in [-0.15, -0.1) is 0 Å². The van der Waals surface area contributed by atoms with Crippen LogP contribution in [0.25, 0.3) is 0 Å². The SMILES string of the molecule is COc1c(C)cnc(CN2N=C3CC(NC4CCC(O)CC4)C4=C3C(=N2)C(N)=NSC4)c1C. The van der Waals surface area contributed by atoms with Crippen LogP contribution in [0.4, 0.5) is 0 Å². The van der Waals surface area contributed by atoms with Crippen molar-refractivity contribution in [1.29, 1.82) is 0 Å². The topological polar surface area (TPSA) is 121 Å². The summed E-state index contributed by atoms with van der Waals surface area (Å²) in [7, 11) is 1.68. The summed E-state index contributed by atoms with van der Waals surface area (Å²) in [6.07, 6.45) is 6.16. The van der Waals surface area contributed by atoms with Gasteiger partial charge in [-0.1, -0.05) is 0 Å². The summed E-state index contributed by atoms with van der Waals surface area (Å²) >= 11 is 1.47. The van der Waals surface area contributed by atoms with Crippen molar-refractivity contribution in [3.8, 4) is 5.75 Å². The number of amidine groups is 1. The van der Waals surface area contributed by atoms with Crippen molar-refractivity contribution in [2.75, 3.05) is 12.9 Å². The number of aliphatic hydroxyl groups is 1. The van der Waals surface area contributed by atoms with Crippen molar-refractivity contribution in [2.45, 2.75) is 70.7 Å². The number of nitrogens with one attached hydrogen (secondary N) is 1. The Balaban J connectivity index is 1.42. The lowest BCUT2D eigenvalue weighted by atomic mass is 9.92. The van der Waals surface area contributed by atoms with E-state index in [1.165, 1.54) is 17.5 Å². The lowest BCUT2D eigenvalue weighted by molar-refractivity contribution is 0.115. The number of methoxy groups -OCH3 is 1. The van der Waals surface area contributed by atoms with E-state index in [1.54, 1.807) is 12.2 Å². The predicted octanol–water partition coefficient (Wildman–Crippen LogP) is 2.22. The zero-order chi connectivity index (χ0) is 23.1. The molecule has 0 spiro atoms. The number of hydrogen-bond donors (Lipinski definition) is 3. The number of hydrazone groups is 2. The number of aryl methyl sites for hydroxylation is 1. The third kappa shape index (κ3) is 4.27. The number of ether oxygens (including phenoxy) is 1. The average Bonchev–Trinajstić information content (AvgIpc) is 3.04. The van der Waals surface area contributed by atoms with Crippen LogP contribution in [0.5, 0.6) is 5.75 Å². The number of pyridine rings is 1. The largest absolute Gasteiger partial charge is 0.496 e. The summed E-state index contributed by atoms with van der Waals surface area (Å²) in [5.41, 5.74) is 13.2. The molecule has 5 rings (SSSR count). The van der Waals surface area contributed by atoms with Crippen molar-refractivity contribution in [2.24, 2.45) is 20.3 Å². The fourth-order valence-electron chi connectivity index (χ4n) is 5.17. The molecule has 1 unspecified atom stereocenters. The molecule has 0 bridgehead atoms. The van der Waals surface area contributed by atoms with Gasteiger partial charge < -0.3 is 20.9 Å². The van der Waals surface area contributed by atoms with Gasteiger partial charge in [0.2, 0.25) is 0 Å². The van der Waals surface area contributed by atoms with Gasteiger partial charge in [-0.3, -0.25) is 4.98 Å². The second-order valence-corrected chi connectivity index (χ2v) is 9.88. The van der Waals surface area contributed by atoms with Gasteiger partial charge in [-0.25, -0.2) is 0 Å². The first-order valence-electron chi connectivity index (χ1n) is 11.5. The summed E-state index contributed by atoms with van der Waals surface area (Å²) in [4.78, 5) is 4.61. The molecule has 1 aromatic rings. The molecule has 1 fully saturated rings. The number of nitrogens with two attached hydrogens (primary N) is 1. The van der Waals surface area contributed by atoms with E-state index in [0.717, 1.165) is 71.7 Å². The van der Waals surface area contributed by atoms with Gasteiger partial charge in [0, 0.05) is 47.2 Å². The molecule has 4 aliphatic rings. The highest BCUT2D eigenvalue weighted by Gasteiger charge is 2.39. The average molecular weight is 470 g/mol. The molecule has 33 heavy (non-hydrogen) atoms. The second-order valence-electron chi connectivity index (χ2n) is 9.15. The van der Waals surface area contributed by atoms with Gasteiger partial charge in [-0.2, -0.15) is 19.7 Å². The summed E-state index contributed by atoms with van der Waals surface area (Å²) < 4.78 is 10.0. The summed E-state index contributed by atoms with van der Waals surface area (Å²) in [5.74, 6) is 2.06. The van der Waals surface area contributed by atoms with Crippen LogP contribution in [0.2, 0.25) is 0 Å². The Morgan fingerprint density at radius 2 is 2.03 bits per heavy atom. The van der Waals surface area contributed by atoms with Crippen LogP contribution in [0.3, 0.4) is 0 Å². The number of aromatic nitrogens is 1. The minimum absolute atomic E-state index is 0.160. The van der Waals surface area contributed by atoms with E-state index in [9.17, 15) is 5.11 Å². The molecule has 0 saturated heterocycles. The Kier molecular flexibility index (Phi) is 6.15. The number of nitrogens with zero attached hydrogens (tertiary/aromatic N) is 5. The molecule has 176 valence electrons. The monoisotopic (exact) mass is 469 g/mol. The maximum Gasteiger partial charge on any atom is 0.160 e. The fourth-order valence-corrected chi connectivity index (χ4v) is 5.95. The first-order chi connectivity index (χ1) is 15.9. The van der Waals surface area contributed by atoms with E-state index < -0.39 is 0 Å². The maximum atomic E-state index is 9.86. The first kappa shape index (κ1) is 22.4. The molecule has 1 aromatic heterocycles. The lowest BCUT2D eigenvalue weighted by Crippen LogP contribution is -2.41. The highest BCUT2D eigenvalue weighted by molar-refractivity contribution is 7.98. The van der Waals surface area contributed by atoms with Crippen molar-refractivity contribution in [3.63, 3.8) is 0 Å². The molecule has 0 amide bonds. The van der Waals surface area contributed by atoms with Gasteiger partial charge in [-0.05, 0) is 57.1 Å². The van der Waals surface area contributed by atoms with Gasteiger partial charge >= 0.3 is 0 Å². The Bertz CT molecular complexity index is 1070. The maximum absolute atomic E-state index is 9.86. The van der Waals surface area contributed by atoms with Gasteiger partial charge in [0.25, 0.3) is 0 Å². The van der Waals surface area contributed by atoms with Crippen LogP contribution in [-0.4, -0.2) is 63.5 Å². The molecular formula is C23H31N7O2S. The summed E-state index contributed by atoms with van der Waals surface area (Å²) in [6.45, 7) is 4.43. The Labute approximate surface area is 198 Å². The molecule has 0 radical (unpaired) electrons. The van der Waals surface area contributed by atoms with Crippen LogP contribution in [0.15, 0.2) is 31.9 Å². The molecule has 1 atom stereocenters. The highest BCUT2D eigenvalue weighted by atomic mass is 32.2. The Morgan fingerprint density at radius 3 is 2.79 bits per heavy atom. The van der Waals surface area contributed by atoms with E-state index in [1.807, 2.05) is 20.0 Å². The van der Waals surface area contributed by atoms with Crippen LogP contribution in [0, 0.1) is 13.8 Å². The molecule has 2 aliphatic carbocycles. The number of hydrogen-bond acceptors (Lipinski definition) is 10. The van der Waals surface area contributed by atoms with Crippen LogP contribution in [-0.2, 0) is 6.54 Å². The predicted molar refractivity (Wildman–Crippen MR) is 132 cm³/mol. The highest BCUT2D eigenvalue weighted by Crippen LogP contribution is 2.35. The van der Waals surface area contributed by atoms with E-state index in [-0.39, 0.29) is 12.1 Å². The molecule has 1 saturated carbocycles. The van der Waals surface area contributed by atoms with Crippen molar-refractivity contribution in [3.05, 3.63) is 34.2 Å².